The molecule has 0 aromatic heterocycles. The molecule has 0 aromatic rings. The molecule has 2 aliphatic rings. The van der Waals surface area contributed by atoms with Gasteiger partial charge in [0.2, 0.25) is 5.91 Å². The van der Waals surface area contributed by atoms with Crippen LogP contribution in [0.4, 0.5) is 0 Å². The molecule has 0 unspecified atom stereocenters. The molecule has 1 spiro atoms. The van der Waals surface area contributed by atoms with Crippen molar-refractivity contribution in [3.63, 3.8) is 0 Å². The summed E-state index contributed by atoms with van der Waals surface area (Å²) in [5, 5.41) is 6.44. The van der Waals surface area contributed by atoms with Crippen molar-refractivity contribution >= 4 is 5.91 Å². The fourth-order valence-corrected chi connectivity index (χ4v) is 3.76. The van der Waals surface area contributed by atoms with E-state index in [4.69, 9.17) is 0 Å². The van der Waals surface area contributed by atoms with Gasteiger partial charge in [-0.05, 0) is 64.7 Å². The molecule has 0 aliphatic heterocycles. The Morgan fingerprint density at radius 1 is 1.11 bits per heavy atom. The molecule has 19 heavy (non-hydrogen) atoms. The van der Waals surface area contributed by atoms with E-state index in [9.17, 15) is 4.79 Å². The van der Waals surface area contributed by atoms with Crippen molar-refractivity contribution in [1.29, 1.82) is 0 Å². The van der Waals surface area contributed by atoms with Crippen LogP contribution in [0.1, 0.15) is 72.1 Å². The van der Waals surface area contributed by atoms with Gasteiger partial charge in [0.05, 0.1) is 6.54 Å². The molecule has 1 amide bonds. The highest BCUT2D eigenvalue weighted by Gasteiger charge is 2.37. The second-order valence-corrected chi connectivity index (χ2v) is 7.66. The highest BCUT2D eigenvalue weighted by molar-refractivity contribution is 5.78. The largest absolute Gasteiger partial charge is 0.350 e. The first kappa shape index (κ1) is 14.8. The van der Waals surface area contributed by atoms with Crippen molar-refractivity contribution in [3.8, 4) is 0 Å². The molecule has 2 fully saturated rings. The van der Waals surface area contributed by atoms with E-state index in [-0.39, 0.29) is 11.4 Å². The van der Waals surface area contributed by atoms with Crippen molar-refractivity contribution in [2.45, 2.75) is 83.7 Å². The molecule has 0 heterocycles. The number of nitrogens with one attached hydrogen (secondary N) is 2. The van der Waals surface area contributed by atoms with Gasteiger partial charge in [0.25, 0.3) is 0 Å². The Morgan fingerprint density at radius 2 is 1.68 bits per heavy atom. The summed E-state index contributed by atoms with van der Waals surface area (Å²) >= 11 is 0. The fourth-order valence-electron chi connectivity index (χ4n) is 3.76. The van der Waals surface area contributed by atoms with Gasteiger partial charge < -0.3 is 10.6 Å². The summed E-state index contributed by atoms with van der Waals surface area (Å²) in [6.45, 7) is 6.54. The maximum absolute atomic E-state index is 11.8. The minimum absolute atomic E-state index is 0.119. The lowest BCUT2D eigenvalue weighted by Gasteiger charge is -2.37. The van der Waals surface area contributed by atoms with Crippen LogP contribution in [-0.2, 0) is 4.79 Å². The first-order valence-electron chi connectivity index (χ1n) is 7.93. The van der Waals surface area contributed by atoms with Crippen molar-refractivity contribution in [1.82, 2.24) is 10.6 Å². The molecular weight excluding hydrogens is 236 g/mol. The zero-order valence-corrected chi connectivity index (χ0v) is 12.8. The molecule has 0 bridgehead atoms. The number of hydrogen-bond donors (Lipinski definition) is 2. The summed E-state index contributed by atoms with van der Waals surface area (Å²) in [6.07, 6.45) is 11.0. The van der Waals surface area contributed by atoms with E-state index < -0.39 is 0 Å². The monoisotopic (exact) mass is 266 g/mol. The molecule has 3 nitrogen and oxygen atoms in total. The third kappa shape index (κ3) is 4.48. The first-order chi connectivity index (χ1) is 8.89. The van der Waals surface area contributed by atoms with Gasteiger partial charge >= 0.3 is 0 Å². The van der Waals surface area contributed by atoms with E-state index in [1.54, 1.807) is 0 Å². The molecule has 3 heteroatoms. The Kier molecular flexibility index (Phi) is 4.54. The lowest BCUT2D eigenvalue weighted by atomic mass is 9.71. The summed E-state index contributed by atoms with van der Waals surface area (Å²) in [4.78, 5) is 11.8. The van der Waals surface area contributed by atoms with E-state index >= 15 is 0 Å². The van der Waals surface area contributed by atoms with E-state index in [0.29, 0.717) is 18.0 Å². The predicted octanol–water partition coefficient (Wildman–Crippen LogP) is 2.99. The topological polar surface area (TPSA) is 41.1 Å². The third-order valence-corrected chi connectivity index (χ3v) is 4.78. The van der Waals surface area contributed by atoms with Gasteiger partial charge in [0.1, 0.15) is 0 Å². The van der Waals surface area contributed by atoms with E-state index in [1.165, 1.54) is 51.4 Å². The van der Waals surface area contributed by atoms with E-state index in [0.717, 1.165) is 0 Å². The van der Waals surface area contributed by atoms with Gasteiger partial charge in [-0.1, -0.05) is 12.8 Å². The molecule has 0 saturated heterocycles. The molecule has 0 aromatic carbocycles. The summed E-state index contributed by atoms with van der Waals surface area (Å²) in [7, 11) is 0. The maximum atomic E-state index is 11.8. The fraction of sp³-hybridized carbons (Fsp3) is 0.938. The lowest BCUT2D eigenvalue weighted by molar-refractivity contribution is -0.121. The highest BCUT2D eigenvalue weighted by atomic mass is 16.2. The molecule has 2 aliphatic carbocycles. The van der Waals surface area contributed by atoms with Crippen LogP contribution in [0, 0.1) is 5.41 Å². The van der Waals surface area contributed by atoms with Crippen molar-refractivity contribution in [2.75, 3.05) is 6.54 Å². The summed E-state index contributed by atoms with van der Waals surface area (Å²) in [5.74, 6) is 0.119. The average molecular weight is 266 g/mol. The Morgan fingerprint density at radius 3 is 2.21 bits per heavy atom. The van der Waals surface area contributed by atoms with Crippen LogP contribution >= 0.6 is 0 Å². The van der Waals surface area contributed by atoms with E-state index in [2.05, 4.69) is 10.6 Å². The van der Waals surface area contributed by atoms with Crippen molar-refractivity contribution < 1.29 is 4.79 Å². The van der Waals surface area contributed by atoms with Crippen LogP contribution in [-0.4, -0.2) is 24.0 Å². The molecule has 2 saturated carbocycles. The Hall–Kier alpha value is -0.570. The Bertz CT molecular complexity index is 303. The average Bonchev–Trinajstić information content (AvgIpc) is 2.75. The quantitative estimate of drug-likeness (QED) is 0.824. The Balaban J connectivity index is 1.67. The number of rotatable bonds is 3. The maximum Gasteiger partial charge on any atom is 0.234 e. The van der Waals surface area contributed by atoms with Crippen LogP contribution in [0.3, 0.4) is 0 Å². The number of hydrogen-bond acceptors (Lipinski definition) is 2. The van der Waals surface area contributed by atoms with Gasteiger partial charge in [0, 0.05) is 11.6 Å². The smallest absolute Gasteiger partial charge is 0.234 e. The predicted molar refractivity (Wildman–Crippen MR) is 79.1 cm³/mol. The minimum atomic E-state index is -0.126. The molecule has 2 rings (SSSR count). The van der Waals surface area contributed by atoms with Crippen LogP contribution in [0.2, 0.25) is 0 Å². The lowest BCUT2D eigenvalue weighted by Crippen LogP contribution is -2.47. The number of amides is 1. The normalized spacial score (nSPS) is 23.7. The first-order valence-corrected chi connectivity index (χ1v) is 7.93. The minimum Gasteiger partial charge on any atom is -0.350 e. The molecule has 2 N–H and O–H groups in total. The van der Waals surface area contributed by atoms with Gasteiger partial charge in [-0.3, -0.25) is 4.79 Å². The molecule has 110 valence electrons. The number of carbonyl (C=O) groups is 1. The number of carbonyl (C=O) groups excluding carboxylic acids is 1. The third-order valence-electron chi connectivity index (χ3n) is 4.78. The van der Waals surface area contributed by atoms with Gasteiger partial charge in [-0.15, -0.1) is 0 Å². The summed E-state index contributed by atoms with van der Waals surface area (Å²) < 4.78 is 0. The van der Waals surface area contributed by atoms with Crippen molar-refractivity contribution in [2.24, 2.45) is 5.41 Å². The summed E-state index contributed by atoms with van der Waals surface area (Å²) in [5.41, 5.74) is 0.561. The Labute approximate surface area is 117 Å². The van der Waals surface area contributed by atoms with Crippen LogP contribution in [0.25, 0.3) is 0 Å². The van der Waals surface area contributed by atoms with E-state index in [1.807, 2.05) is 20.8 Å². The molecule has 0 atom stereocenters. The van der Waals surface area contributed by atoms with Gasteiger partial charge in [-0.25, -0.2) is 0 Å². The standard InChI is InChI=1S/C16H30N2O/c1-15(2,3)18-14(19)12-17-13-6-10-16(11-7-13)8-4-5-9-16/h13,17H,4-12H2,1-3H3,(H,18,19). The molecular formula is C16H30N2O. The SMILES string of the molecule is CC(C)(C)NC(=O)CNC1CCC2(CCCC2)CC1. The van der Waals surface area contributed by atoms with Gasteiger partial charge in [-0.2, -0.15) is 0 Å². The zero-order valence-electron chi connectivity index (χ0n) is 12.8. The second kappa shape index (κ2) is 5.82. The van der Waals surface area contributed by atoms with Crippen LogP contribution in [0.5, 0.6) is 0 Å². The van der Waals surface area contributed by atoms with Crippen molar-refractivity contribution in [3.05, 3.63) is 0 Å². The van der Waals surface area contributed by atoms with Crippen LogP contribution in [0.15, 0.2) is 0 Å². The summed E-state index contributed by atoms with van der Waals surface area (Å²) in [6, 6.07) is 0.553. The van der Waals surface area contributed by atoms with Gasteiger partial charge in [0.15, 0.2) is 0 Å². The van der Waals surface area contributed by atoms with Crippen LogP contribution < -0.4 is 10.6 Å². The molecule has 0 radical (unpaired) electrons. The highest BCUT2D eigenvalue weighted by Crippen LogP contribution is 2.48. The second-order valence-electron chi connectivity index (χ2n) is 7.66. The zero-order chi connectivity index (χ0) is 13.9.